The number of hydrogen-bond donors (Lipinski definition) is 16. The highest BCUT2D eigenvalue weighted by Gasteiger charge is 2.57. The molecule has 5 aliphatic rings. The van der Waals surface area contributed by atoms with Gasteiger partial charge in [-0.2, -0.15) is 0 Å². The largest absolute Gasteiger partial charge is 0.394 e. The summed E-state index contributed by atoms with van der Waals surface area (Å²) in [6, 6.07) is 0. The van der Waals surface area contributed by atoms with E-state index in [0.717, 1.165) is 0 Å². The molecule has 1 unspecified atom stereocenters. The Morgan fingerprint density at radius 3 is 1.37 bits per heavy atom. The molecule has 5 rings (SSSR count). The normalized spacial score (nSPS) is 53.3. The molecule has 316 valence electrons. The Morgan fingerprint density at radius 2 is 0.778 bits per heavy atom. The SMILES string of the molecule is OC[C@H]1O[C@@H](O[C@H]2[C@H](O[C@@H]3[C@H](O)[C@@H](O)C(O)O[C@@H]3CO)O[C@H](CO)[C@@H](O)[C@@H]2O[C@@H]2O[C@H](CO)[C@@H](O[C@@H]3OC[C@@H](O)[C@H](O)[C@H]3O)[C@H](O)[C@H]2O)[C@H](O)[C@@H](O)[C@@H]1O. The van der Waals surface area contributed by atoms with Crippen molar-refractivity contribution in [3.05, 3.63) is 0 Å². The van der Waals surface area contributed by atoms with Gasteiger partial charge in [0.1, 0.15) is 116 Å². The van der Waals surface area contributed by atoms with Crippen LogP contribution in [0.1, 0.15) is 0 Å². The lowest BCUT2D eigenvalue weighted by atomic mass is 9.95. The van der Waals surface area contributed by atoms with Crippen molar-refractivity contribution in [3.63, 3.8) is 0 Å². The first kappa shape index (κ1) is 44.1. The summed E-state index contributed by atoms with van der Waals surface area (Å²) >= 11 is 0. The van der Waals surface area contributed by atoms with Crippen LogP contribution in [-0.4, -0.2) is 262 Å². The van der Waals surface area contributed by atoms with Gasteiger partial charge in [-0.05, 0) is 0 Å². The van der Waals surface area contributed by atoms with Crippen molar-refractivity contribution in [1.82, 2.24) is 0 Å². The molecule has 54 heavy (non-hydrogen) atoms. The van der Waals surface area contributed by atoms with Gasteiger partial charge in [0.05, 0.1) is 33.0 Å². The van der Waals surface area contributed by atoms with Crippen molar-refractivity contribution in [2.75, 3.05) is 33.0 Å². The molecule has 25 nitrogen and oxygen atoms in total. The zero-order valence-electron chi connectivity index (χ0n) is 28.2. The Kier molecular flexibility index (Phi) is 15.3. The van der Waals surface area contributed by atoms with Crippen LogP contribution in [0.4, 0.5) is 0 Å². The van der Waals surface area contributed by atoms with Crippen molar-refractivity contribution in [1.29, 1.82) is 0 Å². The molecule has 0 amide bonds. The fourth-order valence-electron chi connectivity index (χ4n) is 6.72. The number of ether oxygens (including phenoxy) is 9. The third-order valence-corrected chi connectivity index (χ3v) is 9.93. The minimum atomic E-state index is -2.15. The predicted octanol–water partition coefficient (Wildman–Crippen LogP) is -11.3. The molecule has 24 atom stereocenters. The van der Waals surface area contributed by atoms with E-state index in [1.807, 2.05) is 0 Å². The van der Waals surface area contributed by atoms with Crippen LogP contribution in [0.15, 0.2) is 0 Å². The zero-order valence-corrected chi connectivity index (χ0v) is 28.2. The molecule has 5 saturated heterocycles. The highest BCUT2D eigenvalue weighted by molar-refractivity contribution is 4.99. The van der Waals surface area contributed by atoms with Crippen LogP contribution >= 0.6 is 0 Å². The van der Waals surface area contributed by atoms with Gasteiger partial charge in [-0.3, -0.25) is 0 Å². The van der Waals surface area contributed by atoms with E-state index in [9.17, 15) is 81.7 Å². The molecule has 16 N–H and O–H groups in total. The molecule has 0 aromatic rings. The number of aliphatic hydroxyl groups excluding tert-OH is 16. The van der Waals surface area contributed by atoms with Crippen molar-refractivity contribution in [3.8, 4) is 0 Å². The fourth-order valence-corrected chi connectivity index (χ4v) is 6.72. The summed E-state index contributed by atoms with van der Waals surface area (Å²) in [6.07, 6.45) is -44.8. The van der Waals surface area contributed by atoms with E-state index < -0.39 is 180 Å². The Balaban J connectivity index is 1.44. The first-order valence-electron chi connectivity index (χ1n) is 17.0. The second-order valence-electron chi connectivity index (χ2n) is 13.5. The molecule has 0 spiro atoms. The number of hydrogen-bond acceptors (Lipinski definition) is 25. The zero-order chi connectivity index (χ0) is 39.8. The Morgan fingerprint density at radius 1 is 0.352 bits per heavy atom. The van der Waals surface area contributed by atoms with Crippen molar-refractivity contribution in [2.24, 2.45) is 0 Å². The lowest BCUT2D eigenvalue weighted by Crippen LogP contribution is -2.69. The molecule has 0 aromatic heterocycles. The van der Waals surface area contributed by atoms with Crippen molar-refractivity contribution < 1.29 is 124 Å². The second kappa shape index (κ2) is 18.7. The third kappa shape index (κ3) is 8.85. The third-order valence-electron chi connectivity index (χ3n) is 9.93. The van der Waals surface area contributed by atoms with Crippen LogP contribution in [0, 0.1) is 0 Å². The van der Waals surface area contributed by atoms with Gasteiger partial charge in [0.2, 0.25) is 0 Å². The van der Waals surface area contributed by atoms with E-state index >= 15 is 0 Å². The lowest BCUT2D eigenvalue weighted by molar-refractivity contribution is -0.408. The van der Waals surface area contributed by atoms with Gasteiger partial charge in [-0.15, -0.1) is 0 Å². The molecule has 0 aliphatic carbocycles. The Labute approximate surface area is 305 Å². The monoisotopic (exact) mass is 798 g/mol. The van der Waals surface area contributed by atoms with Gasteiger partial charge < -0.3 is 124 Å². The van der Waals surface area contributed by atoms with Gasteiger partial charge in [0.25, 0.3) is 0 Å². The molecule has 5 aliphatic heterocycles. The first-order valence-corrected chi connectivity index (χ1v) is 17.0. The van der Waals surface area contributed by atoms with Crippen LogP contribution in [0.25, 0.3) is 0 Å². The van der Waals surface area contributed by atoms with E-state index in [2.05, 4.69) is 0 Å². The summed E-state index contributed by atoms with van der Waals surface area (Å²) in [5.74, 6) is 0. The molecule has 5 fully saturated rings. The van der Waals surface area contributed by atoms with Gasteiger partial charge in [0.15, 0.2) is 31.5 Å². The van der Waals surface area contributed by atoms with Gasteiger partial charge in [-0.1, -0.05) is 0 Å². The topological polar surface area (TPSA) is 407 Å². The molecular formula is C29H50O25. The highest BCUT2D eigenvalue weighted by Crippen LogP contribution is 2.36. The Bertz CT molecular complexity index is 1150. The van der Waals surface area contributed by atoms with E-state index in [1.54, 1.807) is 0 Å². The quantitative estimate of drug-likeness (QED) is 0.0871. The standard InChI is InChI=1S/C29H50O25/c30-1-7-12(36)14(38)19(43)27(48-7)54-24-23(13(37)8(2-31)49-29(24)52-21-9(3-32)47-25(45)17(41)15(21)39)53-28-20(44)16(40)22(10(4-33)50-28)51-26-18(42)11(35)6(34)5-46-26/h6-45H,1-5H2/t6-,7-,8-,9-,10-,11+,12-,13-,14+,15-,16-,17-,18-,19-,20-,21+,22-,23+,24-,25?,26+,27+,28+,29+/m1/s1. The minimum Gasteiger partial charge on any atom is -0.394 e. The van der Waals surface area contributed by atoms with E-state index in [1.165, 1.54) is 0 Å². The molecule has 0 radical (unpaired) electrons. The van der Waals surface area contributed by atoms with Crippen LogP contribution in [0.2, 0.25) is 0 Å². The van der Waals surface area contributed by atoms with Crippen molar-refractivity contribution in [2.45, 2.75) is 147 Å². The smallest absolute Gasteiger partial charge is 0.187 e. The number of aliphatic hydroxyl groups is 16. The van der Waals surface area contributed by atoms with Crippen LogP contribution < -0.4 is 0 Å². The average molecular weight is 799 g/mol. The second-order valence-corrected chi connectivity index (χ2v) is 13.5. The summed E-state index contributed by atoms with van der Waals surface area (Å²) in [4.78, 5) is 0. The number of rotatable bonds is 12. The molecule has 0 saturated carbocycles. The Hall–Kier alpha value is -1.00. The van der Waals surface area contributed by atoms with E-state index in [0.29, 0.717) is 0 Å². The van der Waals surface area contributed by atoms with Gasteiger partial charge >= 0.3 is 0 Å². The van der Waals surface area contributed by atoms with Crippen LogP contribution in [0.5, 0.6) is 0 Å². The average Bonchev–Trinajstić information content (AvgIpc) is 3.16. The van der Waals surface area contributed by atoms with Crippen LogP contribution in [0.3, 0.4) is 0 Å². The summed E-state index contributed by atoms with van der Waals surface area (Å²) in [7, 11) is 0. The summed E-state index contributed by atoms with van der Waals surface area (Å²) in [5, 5.41) is 166. The molecule has 0 aromatic carbocycles. The molecule has 5 heterocycles. The summed E-state index contributed by atoms with van der Waals surface area (Å²) in [6.45, 7) is -4.26. The fraction of sp³-hybridized carbons (Fsp3) is 1.00. The van der Waals surface area contributed by atoms with Crippen molar-refractivity contribution >= 4 is 0 Å². The van der Waals surface area contributed by atoms with E-state index in [-0.39, 0.29) is 0 Å². The maximum atomic E-state index is 11.4. The maximum absolute atomic E-state index is 11.4. The summed E-state index contributed by atoms with van der Waals surface area (Å²) in [5.41, 5.74) is 0. The van der Waals surface area contributed by atoms with Gasteiger partial charge in [0, 0.05) is 0 Å². The maximum Gasteiger partial charge on any atom is 0.187 e. The molecular weight excluding hydrogens is 748 g/mol. The highest BCUT2D eigenvalue weighted by atomic mass is 16.8. The minimum absolute atomic E-state index is 0.500. The molecule has 0 bridgehead atoms. The van der Waals surface area contributed by atoms with E-state index in [4.69, 9.17) is 42.6 Å². The van der Waals surface area contributed by atoms with Crippen LogP contribution in [-0.2, 0) is 42.6 Å². The van der Waals surface area contributed by atoms with Gasteiger partial charge in [-0.25, -0.2) is 0 Å². The lowest BCUT2D eigenvalue weighted by Gasteiger charge is -2.50. The first-order chi connectivity index (χ1) is 25.6. The molecule has 25 heteroatoms. The predicted molar refractivity (Wildman–Crippen MR) is 161 cm³/mol. The summed E-state index contributed by atoms with van der Waals surface area (Å²) < 4.78 is 50.1.